The van der Waals surface area contributed by atoms with E-state index in [4.69, 9.17) is 11.5 Å². The highest BCUT2D eigenvalue weighted by Crippen LogP contribution is 2.33. The molecule has 0 saturated heterocycles. The van der Waals surface area contributed by atoms with Crippen molar-refractivity contribution in [1.82, 2.24) is 4.98 Å². The molecule has 0 saturated carbocycles. The highest BCUT2D eigenvalue weighted by Gasteiger charge is 2.26. The molecular weight excluding hydrogens is 242 g/mol. The average molecular weight is 263 g/mol. The first kappa shape index (κ1) is 13.8. The van der Waals surface area contributed by atoms with Crippen LogP contribution in [0.2, 0.25) is 0 Å². The van der Waals surface area contributed by atoms with Gasteiger partial charge < -0.3 is 16.5 Å². The van der Waals surface area contributed by atoms with Crippen molar-refractivity contribution in [3.63, 3.8) is 0 Å². The fourth-order valence-electron chi connectivity index (χ4n) is 2.60. The fourth-order valence-corrected chi connectivity index (χ4v) is 2.60. The van der Waals surface area contributed by atoms with Crippen molar-refractivity contribution in [2.75, 3.05) is 0 Å². The molecule has 0 radical (unpaired) electrons. The van der Waals surface area contributed by atoms with Crippen LogP contribution in [0.4, 0.5) is 0 Å². The van der Waals surface area contributed by atoms with Crippen LogP contribution >= 0.6 is 0 Å². The van der Waals surface area contributed by atoms with Crippen LogP contribution < -0.4 is 17.0 Å². The van der Waals surface area contributed by atoms with Gasteiger partial charge in [-0.2, -0.15) is 0 Å². The molecular formula is C14H21N3O2. The summed E-state index contributed by atoms with van der Waals surface area (Å²) in [5.74, 6) is -0.586. The molecule has 0 spiro atoms. The Bertz CT molecular complexity index is 560. The first-order valence-corrected chi connectivity index (χ1v) is 6.57. The molecule has 0 aromatic carbocycles. The predicted molar refractivity (Wildman–Crippen MR) is 73.7 cm³/mol. The Morgan fingerprint density at radius 1 is 1.53 bits per heavy atom. The molecule has 5 nitrogen and oxygen atoms in total. The summed E-state index contributed by atoms with van der Waals surface area (Å²) in [7, 11) is 0. The standard InChI is InChI=1S/C14H21N3O2/c1-14(2)4-3-11-9(7-14)5-8(13(19)17-11)6-10(15)12(16)18/h5,10H,3-4,6-7,15H2,1-2H3,(H2,16,18)(H,17,19). The monoisotopic (exact) mass is 263 g/mol. The van der Waals surface area contributed by atoms with Crippen molar-refractivity contribution in [2.45, 2.75) is 45.6 Å². The lowest BCUT2D eigenvalue weighted by atomic mass is 9.75. The summed E-state index contributed by atoms with van der Waals surface area (Å²) in [6.07, 6.45) is 3.08. The van der Waals surface area contributed by atoms with Crippen LogP contribution in [0.5, 0.6) is 0 Å². The summed E-state index contributed by atoms with van der Waals surface area (Å²) < 4.78 is 0. The zero-order chi connectivity index (χ0) is 14.2. The first-order valence-electron chi connectivity index (χ1n) is 6.57. The minimum Gasteiger partial charge on any atom is -0.368 e. The summed E-state index contributed by atoms with van der Waals surface area (Å²) in [5, 5.41) is 0. The number of nitrogens with one attached hydrogen (secondary N) is 1. The Balaban J connectivity index is 2.32. The van der Waals surface area contributed by atoms with E-state index in [0.717, 1.165) is 30.5 Å². The van der Waals surface area contributed by atoms with Crippen LogP contribution in [-0.2, 0) is 24.1 Å². The molecule has 1 heterocycles. The molecule has 104 valence electrons. The number of aromatic amines is 1. The number of primary amides is 1. The number of pyridine rings is 1. The van der Waals surface area contributed by atoms with E-state index >= 15 is 0 Å². The Kier molecular flexibility index (Phi) is 3.49. The Morgan fingerprint density at radius 2 is 2.21 bits per heavy atom. The lowest BCUT2D eigenvalue weighted by Crippen LogP contribution is -2.39. The van der Waals surface area contributed by atoms with E-state index in [2.05, 4.69) is 18.8 Å². The maximum Gasteiger partial charge on any atom is 0.251 e. The summed E-state index contributed by atoms with van der Waals surface area (Å²) in [4.78, 5) is 25.9. The minimum atomic E-state index is -0.809. The summed E-state index contributed by atoms with van der Waals surface area (Å²) in [5.41, 5.74) is 13.6. The number of hydrogen-bond acceptors (Lipinski definition) is 3. The second-order valence-corrected chi connectivity index (χ2v) is 6.18. The van der Waals surface area contributed by atoms with E-state index < -0.39 is 11.9 Å². The van der Waals surface area contributed by atoms with Crippen LogP contribution in [0.3, 0.4) is 0 Å². The molecule has 1 aromatic rings. The van der Waals surface area contributed by atoms with E-state index in [1.54, 1.807) is 0 Å². The fraction of sp³-hybridized carbons (Fsp3) is 0.571. The smallest absolute Gasteiger partial charge is 0.251 e. The van der Waals surface area contributed by atoms with Gasteiger partial charge in [0.05, 0.1) is 6.04 Å². The molecule has 5 heteroatoms. The molecule has 1 amide bonds. The molecule has 0 aliphatic heterocycles. The molecule has 1 aliphatic carbocycles. The third-order valence-electron chi connectivity index (χ3n) is 3.82. The number of hydrogen-bond donors (Lipinski definition) is 3. The largest absolute Gasteiger partial charge is 0.368 e. The second-order valence-electron chi connectivity index (χ2n) is 6.18. The molecule has 1 unspecified atom stereocenters. The third kappa shape index (κ3) is 3.04. The average Bonchev–Trinajstić information content (AvgIpc) is 2.29. The molecule has 2 rings (SSSR count). The normalized spacial score (nSPS) is 18.7. The van der Waals surface area contributed by atoms with Gasteiger partial charge in [0.2, 0.25) is 5.91 Å². The van der Waals surface area contributed by atoms with Crippen LogP contribution in [-0.4, -0.2) is 16.9 Å². The highest BCUT2D eigenvalue weighted by molar-refractivity contribution is 5.79. The number of H-pyrrole nitrogens is 1. The quantitative estimate of drug-likeness (QED) is 0.728. The van der Waals surface area contributed by atoms with Crippen molar-refractivity contribution in [2.24, 2.45) is 16.9 Å². The maximum atomic E-state index is 11.9. The molecule has 5 N–H and O–H groups in total. The molecule has 1 aliphatic rings. The number of carbonyl (C=O) groups is 1. The first-order chi connectivity index (χ1) is 8.78. The minimum absolute atomic E-state index is 0.157. The maximum absolute atomic E-state index is 11.9. The van der Waals surface area contributed by atoms with E-state index in [1.807, 2.05) is 6.07 Å². The predicted octanol–water partition coefficient (Wildman–Crippen LogP) is 0.245. The second kappa shape index (κ2) is 4.81. The van der Waals surface area contributed by atoms with Crippen molar-refractivity contribution in [3.8, 4) is 0 Å². The van der Waals surface area contributed by atoms with Crippen molar-refractivity contribution < 1.29 is 4.79 Å². The van der Waals surface area contributed by atoms with Gasteiger partial charge in [0.25, 0.3) is 5.56 Å². The number of carbonyl (C=O) groups excluding carboxylic acids is 1. The van der Waals surface area contributed by atoms with Gasteiger partial charge in [0, 0.05) is 17.7 Å². The molecule has 1 atom stereocenters. The van der Waals surface area contributed by atoms with Gasteiger partial charge in [-0.15, -0.1) is 0 Å². The van der Waals surface area contributed by atoms with Gasteiger partial charge in [0.15, 0.2) is 0 Å². The van der Waals surface area contributed by atoms with Gasteiger partial charge in [-0.25, -0.2) is 0 Å². The number of rotatable bonds is 3. The Labute approximate surface area is 112 Å². The van der Waals surface area contributed by atoms with Crippen molar-refractivity contribution in [1.29, 1.82) is 0 Å². The molecule has 1 aromatic heterocycles. The van der Waals surface area contributed by atoms with Gasteiger partial charge in [-0.05, 0) is 36.3 Å². The third-order valence-corrected chi connectivity index (χ3v) is 3.82. The lowest BCUT2D eigenvalue weighted by Gasteiger charge is -2.31. The summed E-state index contributed by atoms with van der Waals surface area (Å²) in [6, 6.07) is 1.08. The zero-order valence-corrected chi connectivity index (χ0v) is 11.5. The van der Waals surface area contributed by atoms with Crippen molar-refractivity contribution in [3.05, 3.63) is 33.2 Å². The summed E-state index contributed by atoms with van der Waals surface area (Å²) >= 11 is 0. The van der Waals surface area contributed by atoms with Crippen LogP contribution in [0.1, 0.15) is 37.1 Å². The van der Waals surface area contributed by atoms with E-state index in [9.17, 15) is 9.59 Å². The van der Waals surface area contributed by atoms with Crippen molar-refractivity contribution >= 4 is 5.91 Å². The van der Waals surface area contributed by atoms with Gasteiger partial charge in [-0.1, -0.05) is 13.8 Å². The van der Waals surface area contributed by atoms with E-state index in [-0.39, 0.29) is 17.4 Å². The SMILES string of the molecule is CC1(C)CCc2[nH]c(=O)c(CC(N)C(N)=O)cc2C1. The molecule has 0 bridgehead atoms. The van der Waals surface area contributed by atoms with Crippen LogP contribution in [0, 0.1) is 5.41 Å². The van der Waals surface area contributed by atoms with Gasteiger partial charge in [0.1, 0.15) is 0 Å². The molecule has 19 heavy (non-hydrogen) atoms. The number of aryl methyl sites for hydroxylation is 1. The zero-order valence-electron chi connectivity index (χ0n) is 11.5. The highest BCUT2D eigenvalue weighted by atomic mass is 16.1. The van der Waals surface area contributed by atoms with Gasteiger partial charge >= 0.3 is 0 Å². The Hall–Kier alpha value is -1.62. The topological polar surface area (TPSA) is 102 Å². The van der Waals surface area contributed by atoms with Crippen LogP contribution in [0.25, 0.3) is 0 Å². The lowest BCUT2D eigenvalue weighted by molar-refractivity contribution is -0.119. The van der Waals surface area contributed by atoms with Crippen LogP contribution in [0.15, 0.2) is 10.9 Å². The van der Waals surface area contributed by atoms with E-state index in [1.165, 1.54) is 0 Å². The summed E-state index contributed by atoms with van der Waals surface area (Å²) in [6.45, 7) is 4.44. The van der Waals surface area contributed by atoms with Gasteiger partial charge in [-0.3, -0.25) is 9.59 Å². The number of nitrogens with two attached hydrogens (primary N) is 2. The Morgan fingerprint density at radius 3 is 2.84 bits per heavy atom. The number of fused-ring (bicyclic) bond motifs is 1. The number of amides is 1. The number of aromatic nitrogens is 1. The molecule has 0 fully saturated rings. The van der Waals surface area contributed by atoms with E-state index in [0.29, 0.717) is 5.56 Å².